The van der Waals surface area contributed by atoms with E-state index in [0.717, 1.165) is 11.8 Å². The molecule has 0 bridgehead atoms. The number of carbonyl (C=O) groups is 1. The fourth-order valence-electron chi connectivity index (χ4n) is 1.58. The average Bonchev–Trinajstić information content (AvgIpc) is 2.46. The highest BCUT2D eigenvalue weighted by molar-refractivity contribution is 7.99. The molecule has 0 unspecified atom stereocenters. The van der Waals surface area contributed by atoms with Gasteiger partial charge in [-0.05, 0) is 24.3 Å². The third-order valence-corrected chi connectivity index (χ3v) is 3.47. The summed E-state index contributed by atoms with van der Waals surface area (Å²) in [6.07, 6.45) is 1.30. The van der Waals surface area contributed by atoms with E-state index < -0.39 is 10.9 Å². The standard InChI is InChI=1S/C13H7N3O4S/c14-7-9-4-5-15-12(11(9)16(19)20)21-10-3-1-2-8(6-10)13(17)18/h1-6H,(H,17,18). The van der Waals surface area contributed by atoms with Crippen molar-refractivity contribution in [1.82, 2.24) is 4.98 Å². The fraction of sp³-hybridized carbons (Fsp3) is 0. The first-order valence-corrected chi connectivity index (χ1v) is 6.39. The second-order valence-corrected chi connectivity index (χ2v) is 4.88. The number of benzene rings is 1. The molecule has 1 aromatic heterocycles. The molecule has 8 heteroatoms. The molecule has 1 aromatic carbocycles. The highest BCUT2D eigenvalue weighted by atomic mass is 32.2. The Bertz CT molecular complexity index is 770. The van der Waals surface area contributed by atoms with Gasteiger partial charge in [-0.25, -0.2) is 9.78 Å². The molecule has 0 atom stereocenters. The molecule has 0 saturated heterocycles. The monoisotopic (exact) mass is 301 g/mol. The van der Waals surface area contributed by atoms with Crippen LogP contribution < -0.4 is 0 Å². The van der Waals surface area contributed by atoms with Gasteiger partial charge < -0.3 is 5.11 Å². The predicted octanol–water partition coefficient (Wildman–Crippen LogP) is 2.71. The molecule has 0 saturated carbocycles. The van der Waals surface area contributed by atoms with Crippen LogP contribution in [0.1, 0.15) is 15.9 Å². The SMILES string of the molecule is N#Cc1ccnc(Sc2cccc(C(=O)O)c2)c1[N+](=O)[O-]. The summed E-state index contributed by atoms with van der Waals surface area (Å²) in [5, 5.41) is 28.9. The lowest BCUT2D eigenvalue weighted by Gasteiger charge is -2.04. The van der Waals surface area contributed by atoms with Crippen LogP contribution in [0, 0.1) is 21.4 Å². The van der Waals surface area contributed by atoms with Crippen LogP contribution >= 0.6 is 11.8 Å². The van der Waals surface area contributed by atoms with Crippen molar-refractivity contribution in [3.63, 3.8) is 0 Å². The van der Waals surface area contributed by atoms with Crippen molar-refractivity contribution in [3.8, 4) is 6.07 Å². The number of carboxylic acids is 1. The van der Waals surface area contributed by atoms with E-state index in [2.05, 4.69) is 4.98 Å². The van der Waals surface area contributed by atoms with Crippen molar-refractivity contribution in [2.24, 2.45) is 0 Å². The van der Waals surface area contributed by atoms with Gasteiger partial charge in [0.2, 0.25) is 0 Å². The summed E-state index contributed by atoms with van der Waals surface area (Å²) in [5.41, 5.74) is -0.406. The van der Waals surface area contributed by atoms with Crippen LogP contribution in [0.25, 0.3) is 0 Å². The van der Waals surface area contributed by atoms with Crippen LogP contribution in [0.4, 0.5) is 5.69 Å². The first-order valence-electron chi connectivity index (χ1n) is 5.57. The zero-order chi connectivity index (χ0) is 15.4. The lowest BCUT2D eigenvalue weighted by atomic mass is 10.2. The van der Waals surface area contributed by atoms with Crippen LogP contribution in [0.5, 0.6) is 0 Å². The van der Waals surface area contributed by atoms with E-state index in [-0.39, 0.29) is 21.8 Å². The number of carboxylic acid groups (broad SMARTS) is 1. The van der Waals surface area contributed by atoms with Crippen molar-refractivity contribution < 1.29 is 14.8 Å². The Balaban J connectivity index is 2.45. The van der Waals surface area contributed by atoms with Gasteiger partial charge in [-0.15, -0.1) is 0 Å². The van der Waals surface area contributed by atoms with Crippen LogP contribution in [0.2, 0.25) is 0 Å². The van der Waals surface area contributed by atoms with Gasteiger partial charge in [0.1, 0.15) is 11.6 Å². The van der Waals surface area contributed by atoms with Gasteiger partial charge in [0.05, 0.1) is 10.5 Å². The maximum atomic E-state index is 11.1. The van der Waals surface area contributed by atoms with E-state index in [1.54, 1.807) is 12.1 Å². The minimum atomic E-state index is -1.09. The molecule has 0 aliphatic rings. The molecule has 7 nitrogen and oxygen atoms in total. The van der Waals surface area contributed by atoms with Crippen LogP contribution in [-0.4, -0.2) is 21.0 Å². The van der Waals surface area contributed by atoms with Crippen LogP contribution in [-0.2, 0) is 0 Å². The Kier molecular flexibility index (Phi) is 4.15. The number of nitriles is 1. The topological polar surface area (TPSA) is 117 Å². The molecule has 0 amide bonds. The lowest BCUT2D eigenvalue weighted by molar-refractivity contribution is -0.388. The van der Waals surface area contributed by atoms with E-state index >= 15 is 0 Å². The molecule has 104 valence electrons. The fourth-order valence-corrected chi connectivity index (χ4v) is 2.53. The second kappa shape index (κ2) is 6.02. The third kappa shape index (κ3) is 3.16. The van der Waals surface area contributed by atoms with E-state index in [9.17, 15) is 14.9 Å². The van der Waals surface area contributed by atoms with E-state index in [1.807, 2.05) is 0 Å². The summed E-state index contributed by atoms with van der Waals surface area (Å²) in [6.45, 7) is 0. The smallest absolute Gasteiger partial charge is 0.335 e. The molecule has 1 N–H and O–H groups in total. The Morgan fingerprint density at radius 3 is 2.81 bits per heavy atom. The predicted molar refractivity (Wildman–Crippen MR) is 73.1 cm³/mol. The Labute approximate surface area is 123 Å². The molecule has 21 heavy (non-hydrogen) atoms. The Morgan fingerprint density at radius 1 is 1.43 bits per heavy atom. The largest absolute Gasteiger partial charge is 0.478 e. The van der Waals surface area contributed by atoms with Crippen molar-refractivity contribution >= 4 is 23.4 Å². The molecule has 1 heterocycles. The Hall–Kier alpha value is -2.92. The van der Waals surface area contributed by atoms with Crippen molar-refractivity contribution in [2.45, 2.75) is 9.92 Å². The highest BCUT2D eigenvalue weighted by Gasteiger charge is 2.22. The molecular weight excluding hydrogens is 294 g/mol. The van der Waals surface area contributed by atoms with E-state index in [1.165, 1.54) is 30.5 Å². The summed E-state index contributed by atoms with van der Waals surface area (Å²) in [6, 6.07) is 8.95. The van der Waals surface area contributed by atoms with E-state index in [0.29, 0.717) is 4.90 Å². The van der Waals surface area contributed by atoms with Crippen LogP contribution in [0.3, 0.4) is 0 Å². The number of nitrogens with zero attached hydrogens (tertiary/aromatic N) is 3. The zero-order valence-corrected chi connectivity index (χ0v) is 11.2. The van der Waals surface area contributed by atoms with Crippen molar-refractivity contribution in [3.05, 3.63) is 57.8 Å². The van der Waals surface area contributed by atoms with Gasteiger partial charge in [0.15, 0.2) is 5.03 Å². The molecule has 0 aliphatic carbocycles. The molecule has 2 aromatic rings. The number of pyridine rings is 1. The summed E-state index contributed by atoms with van der Waals surface area (Å²) < 4.78 is 0. The molecule has 0 aliphatic heterocycles. The minimum absolute atomic E-state index is 0.0431. The minimum Gasteiger partial charge on any atom is -0.478 e. The Morgan fingerprint density at radius 2 is 2.19 bits per heavy atom. The van der Waals surface area contributed by atoms with E-state index in [4.69, 9.17) is 10.4 Å². The summed E-state index contributed by atoms with van der Waals surface area (Å²) in [5.74, 6) is -1.09. The molecule has 0 radical (unpaired) electrons. The normalized spacial score (nSPS) is 9.86. The molecule has 2 rings (SSSR count). The first kappa shape index (κ1) is 14.5. The number of hydrogen-bond acceptors (Lipinski definition) is 6. The van der Waals surface area contributed by atoms with Gasteiger partial charge >= 0.3 is 11.7 Å². The second-order valence-electron chi connectivity index (χ2n) is 3.82. The summed E-state index contributed by atoms with van der Waals surface area (Å²) in [4.78, 5) is 25.7. The maximum absolute atomic E-state index is 11.1. The molecular formula is C13H7N3O4S. The van der Waals surface area contributed by atoms with Gasteiger partial charge in [-0.2, -0.15) is 5.26 Å². The number of hydrogen-bond donors (Lipinski definition) is 1. The van der Waals surface area contributed by atoms with Gasteiger partial charge in [-0.3, -0.25) is 10.1 Å². The number of aromatic nitrogens is 1. The quantitative estimate of drug-likeness (QED) is 0.681. The first-order chi connectivity index (χ1) is 10.0. The number of aromatic carboxylic acids is 1. The van der Waals surface area contributed by atoms with Crippen molar-refractivity contribution in [2.75, 3.05) is 0 Å². The lowest BCUT2D eigenvalue weighted by Crippen LogP contribution is -1.98. The maximum Gasteiger partial charge on any atom is 0.335 e. The van der Waals surface area contributed by atoms with Crippen molar-refractivity contribution in [1.29, 1.82) is 5.26 Å². The van der Waals surface area contributed by atoms with Gasteiger partial charge in [0.25, 0.3) is 0 Å². The van der Waals surface area contributed by atoms with Gasteiger partial charge in [0, 0.05) is 11.1 Å². The summed E-state index contributed by atoms with van der Waals surface area (Å²) >= 11 is 0.936. The molecule has 0 fully saturated rings. The van der Waals surface area contributed by atoms with Crippen LogP contribution in [0.15, 0.2) is 46.5 Å². The van der Waals surface area contributed by atoms with Gasteiger partial charge in [-0.1, -0.05) is 17.8 Å². The number of nitro groups is 1. The summed E-state index contributed by atoms with van der Waals surface area (Å²) in [7, 11) is 0. The molecule has 0 spiro atoms. The third-order valence-electron chi connectivity index (χ3n) is 2.49. The zero-order valence-electron chi connectivity index (χ0n) is 10.4. The average molecular weight is 301 g/mol. The number of rotatable bonds is 4. The highest BCUT2D eigenvalue weighted by Crippen LogP contribution is 2.35.